The van der Waals surface area contributed by atoms with Gasteiger partial charge in [-0.3, -0.25) is 0 Å². The van der Waals surface area contributed by atoms with E-state index in [2.05, 4.69) is 22.3 Å². The lowest BCUT2D eigenvalue weighted by Crippen LogP contribution is -2.36. The Bertz CT molecular complexity index is 417. The van der Waals surface area contributed by atoms with Crippen LogP contribution in [0.3, 0.4) is 0 Å². The lowest BCUT2D eigenvalue weighted by atomic mass is 10.2. The van der Waals surface area contributed by atoms with Crippen molar-refractivity contribution in [1.82, 2.24) is 10.2 Å². The molecule has 118 valence electrons. The highest BCUT2D eigenvalue weighted by molar-refractivity contribution is 5.28. The van der Waals surface area contributed by atoms with Crippen LogP contribution in [0.15, 0.2) is 24.3 Å². The maximum absolute atomic E-state index is 10.0. The Labute approximate surface area is 128 Å². The fourth-order valence-corrected chi connectivity index (χ4v) is 2.71. The number of aliphatic hydroxyl groups is 1. The molecule has 4 nitrogen and oxygen atoms in total. The van der Waals surface area contributed by atoms with E-state index in [1.54, 1.807) is 0 Å². The van der Waals surface area contributed by atoms with Crippen molar-refractivity contribution < 1.29 is 9.84 Å². The van der Waals surface area contributed by atoms with Gasteiger partial charge in [-0.15, -0.1) is 0 Å². The number of aliphatic hydroxyl groups excluding tert-OH is 1. The molecule has 0 aromatic heterocycles. The Hall–Kier alpha value is -1.10. The van der Waals surface area contributed by atoms with Crippen LogP contribution in [0, 0.1) is 0 Å². The third-order valence-corrected chi connectivity index (χ3v) is 3.65. The third kappa shape index (κ3) is 6.04. The minimum Gasteiger partial charge on any atom is -0.491 e. The van der Waals surface area contributed by atoms with Crippen LogP contribution in [0.1, 0.15) is 32.3 Å². The van der Waals surface area contributed by atoms with Crippen LogP contribution in [-0.2, 0) is 6.54 Å². The van der Waals surface area contributed by atoms with E-state index in [4.69, 9.17) is 4.74 Å². The first-order valence-corrected chi connectivity index (χ1v) is 8.00. The molecule has 1 aromatic rings. The van der Waals surface area contributed by atoms with Gasteiger partial charge in [0.05, 0.1) is 12.2 Å². The zero-order valence-electron chi connectivity index (χ0n) is 13.2. The van der Waals surface area contributed by atoms with Gasteiger partial charge in [-0.25, -0.2) is 0 Å². The Morgan fingerprint density at radius 2 is 2.05 bits per heavy atom. The largest absolute Gasteiger partial charge is 0.491 e. The highest BCUT2D eigenvalue weighted by Gasteiger charge is 2.15. The first-order valence-electron chi connectivity index (χ1n) is 8.00. The first-order chi connectivity index (χ1) is 10.1. The predicted octanol–water partition coefficient (Wildman–Crippen LogP) is 2.02. The van der Waals surface area contributed by atoms with E-state index < -0.39 is 0 Å². The quantitative estimate of drug-likeness (QED) is 0.769. The van der Waals surface area contributed by atoms with Crippen molar-refractivity contribution in [2.45, 2.75) is 45.4 Å². The molecule has 0 radical (unpaired) electrons. The molecule has 1 aliphatic heterocycles. The van der Waals surface area contributed by atoms with Crippen molar-refractivity contribution in [2.24, 2.45) is 0 Å². The van der Waals surface area contributed by atoms with E-state index >= 15 is 0 Å². The van der Waals surface area contributed by atoms with Gasteiger partial charge in [0.2, 0.25) is 0 Å². The first kappa shape index (κ1) is 16.3. The second kappa shape index (κ2) is 8.37. The van der Waals surface area contributed by atoms with Crippen LogP contribution in [0.5, 0.6) is 5.75 Å². The summed E-state index contributed by atoms with van der Waals surface area (Å²) in [5.74, 6) is 0.905. The SMILES string of the molecule is CC(C)Oc1cccc(CNCC(O)CN2CCCC2)c1. The number of rotatable bonds is 8. The Morgan fingerprint density at radius 3 is 2.76 bits per heavy atom. The summed E-state index contributed by atoms with van der Waals surface area (Å²) >= 11 is 0. The van der Waals surface area contributed by atoms with Crippen molar-refractivity contribution in [3.8, 4) is 5.75 Å². The number of nitrogens with one attached hydrogen (secondary N) is 1. The molecule has 1 unspecified atom stereocenters. The molecule has 2 N–H and O–H groups in total. The predicted molar refractivity (Wildman–Crippen MR) is 85.6 cm³/mol. The zero-order chi connectivity index (χ0) is 15.1. The van der Waals surface area contributed by atoms with Gasteiger partial charge in [0.1, 0.15) is 5.75 Å². The maximum Gasteiger partial charge on any atom is 0.120 e. The van der Waals surface area contributed by atoms with E-state index in [0.29, 0.717) is 6.54 Å². The van der Waals surface area contributed by atoms with Crippen LogP contribution in [-0.4, -0.2) is 48.4 Å². The second-order valence-electron chi connectivity index (χ2n) is 6.11. The monoisotopic (exact) mass is 292 g/mol. The zero-order valence-corrected chi connectivity index (χ0v) is 13.2. The Kier molecular flexibility index (Phi) is 6.49. The van der Waals surface area contributed by atoms with Crippen molar-refractivity contribution in [2.75, 3.05) is 26.2 Å². The molecule has 1 atom stereocenters. The number of ether oxygens (including phenoxy) is 1. The molecule has 1 fully saturated rings. The summed E-state index contributed by atoms with van der Waals surface area (Å²) in [5, 5.41) is 13.4. The number of benzene rings is 1. The van der Waals surface area contributed by atoms with Gasteiger partial charge in [0, 0.05) is 19.6 Å². The molecule has 21 heavy (non-hydrogen) atoms. The highest BCUT2D eigenvalue weighted by atomic mass is 16.5. The number of nitrogens with zero attached hydrogens (tertiary/aromatic N) is 1. The highest BCUT2D eigenvalue weighted by Crippen LogP contribution is 2.14. The fourth-order valence-electron chi connectivity index (χ4n) is 2.71. The third-order valence-electron chi connectivity index (χ3n) is 3.65. The summed E-state index contributed by atoms with van der Waals surface area (Å²) in [4.78, 5) is 2.34. The van der Waals surface area contributed by atoms with E-state index in [1.165, 1.54) is 18.4 Å². The van der Waals surface area contributed by atoms with Gasteiger partial charge in [-0.05, 0) is 57.5 Å². The molecule has 4 heteroatoms. The lowest BCUT2D eigenvalue weighted by molar-refractivity contribution is 0.123. The molecule has 0 amide bonds. The summed E-state index contributed by atoms with van der Waals surface area (Å²) in [6.45, 7) is 8.48. The van der Waals surface area contributed by atoms with E-state index in [9.17, 15) is 5.11 Å². The van der Waals surface area contributed by atoms with Gasteiger partial charge in [-0.2, -0.15) is 0 Å². The summed E-state index contributed by atoms with van der Waals surface area (Å²) in [5.41, 5.74) is 1.18. The number of hydrogen-bond acceptors (Lipinski definition) is 4. The Balaban J connectivity index is 1.69. The molecule has 1 aromatic carbocycles. The topological polar surface area (TPSA) is 44.7 Å². The van der Waals surface area contributed by atoms with E-state index in [1.807, 2.05) is 26.0 Å². The molecular formula is C17H28N2O2. The molecule has 0 spiro atoms. The van der Waals surface area contributed by atoms with Crippen molar-refractivity contribution in [1.29, 1.82) is 0 Å². The average molecular weight is 292 g/mol. The summed E-state index contributed by atoms with van der Waals surface area (Å²) in [6.07, 6.45) is 2.43. The summed E-state index contributed by atoms with van der Waals surface area (Å²) in [7, 11) is 0. The van der Waals surface area contributed by atoms with Gasteiger partial charge in [0.15, 0.2) is 0 Å². The molecule has 0 saturated carbocycles. The van der Waals surface area contributed by atoms with Crippen LogP contribution >= 0.6 is 0 Å². The van der Waals surface area contributed by atoms with Crippen LogP contribution in [0.2, 0.25) is 0 Å². The average Bonchev–Trinajstić information content (AvgIpc) is 2.91. The fraction of sp³-hybridized carbons (Fsp3) is 0.647. The van der Waals surface area contributed by atoms with Crippen molar-refractivity contribution in [3.05, 3.63) is 29.8 Å². The second-order valence-corrected chi connectivity index (χ2v) is 6.11. The molecule has 0 bridgehead atoms. The molecular weight excluding hydrogens is 264 g/mol. The molecule has 2 rings (SSSR count). The molecule has 1 heterocycles. The molecule has 1 aliphatic rings. The summed E-state index contributed by atoms with van der Waals surface area (Å²) < 4.78 is 5.69. The van der Waals surface area contributed by atoms with Crippen LogP contribution < -0.4 is 10.1 Å². The lowest BCUT2D eigenvalue weighted by Gasteiger charge is -2.19. The molecule has 1 saturated heterocycles. The number of hydrogen-bond donors (Lipinski definition) is 2. The minimum atomic E-state index is -0.293. The van der Waals surface area contributed by atoms with Crippen molar-refractivity contribution in [3.63, 3.8) is 0 Å². The molecule has 0 aliphatic carbocycles. The van der Waals surface area contributed by atoms with E-state index in [0.717, 1.165) is 31.9 Å². The van der Waals surface area contributed by atoms with Crippen molar-refractivity contribution >= 4 is 0 Å². The summed E-state index contributed by atoms with van der Waals surface area (Å²) in [6, 6.07) is 8.12. The minimum absolute atomic E-state index is 0.190. The number of β-amino-alcohol motifs (C(OH)–C–C–N with tert-alkyl or cyclic N) is 1. The maximum atomic E-state index is 10.0. The standard InChI is InChI=1S/C17H28N2O2/c1-14(2)21-17-7-5-6-15(10-17)11-18-12-16(20)13-19-8-3-4-9-19/h5-7,10,14,16,18,20H,3-4,8-9,11-13H2,1-2H3. The van der Waals surface area contributed by atoms with Gasteiger partial charge >= 0.3 is 0 Å². The van der Waals surface area contributed by atoms with Gasteiger partial charge < -0.3 is 20.1 Å². The smallest absolute Gasteiger partial charge is 0.120 e. The van der Waals surface area contributed by atoms with Gasteiger partial charge in [-0.1, -0.05) is 12.1 Å². The van der Waals surface area contributed by atoms with Gasteiger partial charge in [0.25, 0.3) is 0 Å². The van der Waals surface area contributed by atoms with Crippen LogP contribution in [0.4, 0.5) is 0 Å². The normalized spacial score (nSPS) is 17.3. The Morgan fingerprint density at radius 1 is 1.29 bits per heavy atom. The van der Waals surface area contributed by atoms with Crippen LogP contribution in [0.25, 0.3) is 0 Å². The van der Waals surface area contributed by atoms with E-state index in [-0.39, 0.29) is 12.2 Å². The number of likely N-dealkylation sites (tertiary alicyclic amines) is 1.